The maximum atomic E-state index is 13.2. The van der Waals surface area contributed by atoms with Crippen LogP contribution in [0.15, 0.2) is 21.2 Å². The second-order valence-corrected chi connectivity index (χ2v) is 15.7. The Morgan fingerprint density at radius 3 is 2.45 bits per heavy atom. The van der Waals surface area contributed by atoms with Crippen molar-refractivity contribution in [3.8, 4) is 0 Å². The van der Waals surface area contributed by atoms with Crippen LogP contribution in [0, 0.1) is 46.3 Å². The van der Waals surface area contributed by atoms with E-state index in [2.05, 4.69) is 40.7 Å². The Balaban J connectivity index is 1.37. The Kier molecular flexibility index (Phi) is 7.47. The first-order valence-electron chi connectivity index (χ1n) is 16.8. The van der Waals surface area contributed by atoms with Gasteiger partial charge in [-0.15, -0.1) is 0 Å². The van der Waals surface area contributed by atoms with E-state index in [1.165, 1.54) is 66.7 Å². The molecule has 2 aromatic heterocycles. The lowest BCUT2D eigenvalue weighted by Gasteiger charge is -2.60. The molecule has 3 saturated carbocycles. The van der Waals surface area contributed by atoms with Crippen LogP contribution in [0.25, 0.3) is 11.2 Å². The summed E-state index contributed by atoms with van der Waals surface area (Å²) in [5.41, 5.74) is 1.94. The van der Waals surface area contributed by atoms with E-state index in [-0.39, 0.29) is 22.6 Å². The molecule has 4 aliphatic carbocycles. The average molecular weight is 579 g/mol. The molecule has 1 unspecified atom stereocenters. The molecule has 0 saturated heterocycles. The van der Waals surface area contributed by atoms with Gasteiger partial charge in [-0.2, -0.15) is 0 Å². The third-order valence-electron chi connectivity index (χ3n) is 13.2. The lowest BCUT2D eigenvalue weighted by Crippen LogP contribution is -2.53. The van der Waals surface area contributed by atoms with Crippen molar-refractivity contribution in [2.75, 3.05) is 0 Å². The van der Waals surface area contributed by atoms with Gasteiger partial charge in [0.1, 0.15) is 5.82 Å². The van der Waals surface area contributed by atoms with Gasteiger partial charge >= 0.3 is 5.69 Å². The van der Waals surface area contributed by atoms with Gasteiger partial charge in [0.25, 0.3) is 5.56 Å². The fourth-order valence-corrected chi connectivity index (χ4v) is 11.0. The van der Waals surface area contributed by atoms with Crippen LogP contribution < -0.4 is 11.2 Å². The summed E-state index contributed by atoms with van der Waals surface area (Å²) in [5.74, 6) is 5.15. The van der Waals surface area contributed by atoms with Crippen LogP contribution >= 0.6 is 0 Å². The fourth-order valence-electron chi connectivity index (χ4n) is 11.0. The highest BCUT2D eigenvalue weighted by Crippen LogP contribution is 2.69. The van der Waals surface area contributed by atoms with E-state index in [1.54, 1.807) is 7.05 Å². The van der Waals surface area contributed by atoms with Crippen molar-refractivity contribution in [2.45, 2.75) is 111 Å². The van der Waals surface area contributed by atoms with Crippen molar-refractivity contribution in [1.82, 2.24) is 18.7 Å². The number of imidazole rings is 1. The van der Waals surface area contributed by atoms with E-state index in [0.717, 1.165) is 42.3 Å². The van der Waals surface area contributed by atoms with E-state index in [9.17, 15) is 14.7 Å². The lowest BCUT2D eigenvalue weighted by molar-refractivity contribution is -0.0664. The zero-order chi connectivity index (χ0) is 30.3. The van der Waals surface area contributed by atoms with Gasteiger partial charge in [-0.1, -0.05) is 65.5 Å². The molecule has 2 aromatic rings. The van der Waals surface area contributed by atoms with Gasteiger partial charge in [0.05, 0.1) is 6.10 Å². The van der Waals surface area contributed by atoms with Crippen molar-refractivity contribution in [3.63, 3.8) is 0 Å². The highest BCUT2D eigenvalue weighted by Gasteiger charge is 2.61. The number of fused-ring (bicyclic) bond motifs is 6. The summed E-state index contributed by atoms with van der Waals surface area (Å²) in [6.07, 6.45) is 13.8. The number of aliphatic hydroxyl groups is 1. The standard InChI is InChI=1S/C35H54N4O3/c1-20(2)10-9-11-21(3)25-14-15-26-24-13-12-22-18-23(40)19-28(35(22,5)27(24)16-17-34(25,26)4)30-36-31-29(37(30)6)32(41)39(8)33(42)38(31)7/h12,20-21,23-28,40H,9-11,13-19H2,1-8H3/t21-,23-,24+,25-,26+,27+,28?,34-,35+/m1/s1. The molecule has 7 heteroatoms. The molecular formula is C35H54N4O3. The summed E-state index contributed by atoms with van der Waals surface area (Å²) in [5, 5.41) is 11.1. The van der Waals surface area contributed by atoms with Crippen LogP contribution in [-0.4, -0.2) is 29.9 Å². The Bertz CT molecular complexity index is 1510. The first-order valence-corrected chi connectivity index (χ1v) is 16.8. The molecular weight excluding hydrogens is 524 g/mol. The lowest BCUT2D eigenvalue weighted by atomic mass is 9.44. The summed E-state index contributed by atoms with van der Waals surface area (Å²) in [6, 6.07) is 0. The molecule has 1 N–H and O–H groups in total. The first-order chi connectivity index (χ1) is 19.8. The number of allylic oxidation sites excluding steroid dienone is 1. The number of nitrogens with zero attached hydrogens (tertiary/aromatic N) is 4. The predicted octanol–water partition coefficient (Wildman–Crippen LogP) is 6.07. The van der Waals surface area contributed by atoms with Crippen LogP contribution in [0.2, 0.25) is 0 Å². The molecule has 0 aliphatic heterocycles. The monoisotopic (exact) mass is 578 g/mol. The Morgan fingerprint density at radius 1 is 1.00 bits per heavy atom. The summed E-state index contributed by atoms with van der Waals surface area (Å²) >= 11 is 0. The van der Waals surface area contributed by atoms with Crippen molar-refractivity contribution < 1.29 is 5.11 Å². The third kappa shape index (κ3) is 4.26. The number of hydrogen-bond donors (Lipinski definition) is 1. The van der Waals surface area contributed by atoms with Gasteiger partial charge in [-0.3, -0.25) is 13.9 Å². The van der Waals surface area contributed by atoms with Crippen LogP contribution in [-0.2, 0) is 21.1 Å². The SMILES string of the molecule is CC(C)CCC[C@@H](C)[C@H]1CC[C@H]2[C@@H]3CC=C4C[C@@H](O)CC(c5nc6c(c(=O)n(C)c(=O)n6C)n5C)[C@]4(C)[C@H]3CC[C@]12C. The van der Waals surface area contributed by atoms with Gasteiger partial charge in [-0.25, -0.2) is 9.78 Å². The second-order valence-electron chi connectivity index (χ2n) is 15.7. The molecule has 6 rings (SSSR count). The van der Waals surface area contributed by atoms with Crippen LogP contribution in [0.3, 0.4) is 0 Å². The van der Waals surface area contributed by atoms with Gasteiger partial charge < -0.3 is 9.67 Å². The predicted molar refractivity (Wildman–Crippen MR) is 168 cm³/mol. The molecule has 0 spiro atoms. The molecule has 0 bridgehead atoms. The molecule has 7 nitrogen and oxygen atoms in total. The van der Waals surface area contributed by atoms with Gasteiger partial charge in [-0.05, 0) is 85.9 Å². The number of aromatic nitrogens is 4. The van der Waals surface area contributed by atoms with Crippen LogP contribution in [0.5, 0.6) is 0 Å². The number of aliphatic hydroxyl groups excluding tert-OH is 1. The van der Waals surface area contributed by atoms with Crippen LogP contribution in [0.1, 0.15) is 111 Å². The number of rotatable bonds is 6. The van der Waals surface area contributed by atoms with Crippen molar-refractivity contribution in [3.05, 3.63) is 38.3 Å². The third-order valence-corrected chi connectivity index (χ3v) is 13.2. The highest BCUT2D eigenvalue weighted by molar-refractivity contribution is 5.71. The number of hydrogen-bond acceptors (Lipinski definition) is 4. The molecule has 232 valence electrons. The van der Waals surface area contributed by atoms with Gasteiger partial charge in [0.2, 0.25) is 0 Å². The molecule has 42 heavy (non-hydrogen) atoms. The van der Waals surface area contributed by atoms with E-state index in [4.69, 9.17) is 4.98 Å². The van der Waals surface area contributed by atoms with E-state index >= 15 is 0 Å². The zero-order valence-electron chi connectivity index (χ0n) is 27.3. The van der Waals surface area contributed by atoms with Crippen molar-refractivity contribution in [2.24, 2.45) is 67.5 Å². The smallest absolute Gasteiger partial charge is 0.332 e. The quantitative estimate of drug-likeness (QED) is 0.422. The highest BCUT2D eigenvalue weighted by atomic mass is 16.3. The Hall–Kier alpha value is -2.15. The summed E-state index contributed by atoms with van der Waals surface area (Å²) in [4.78, 5) is 31.0. The minimum atomic E-state index is -0.422. The molecule has 4 aliphatic rings. The van der Waals surface area contributed by atoms with Crippen LogP contribution in [0.4, 0.5) is 0 Å². The van der Waals surface area contributed by atoms with E-state index in [1.807, 2.05) is 11.6 Å². The summed E-state index contributed by atoms with van der Waals surface area (Å²) in [6.45, 7) is 12.3. The summed E-state index contributed by atoms with van der Waals surface area (Å²) in [7, 11) is 5.15. The Labute approximate surface area is 251 Å². The Morgan fingerprint density at radius 2 is 1.74 bits per heavy atom. The van der Waals surface area contributed by atoms with E-state index in [0.29, 0.717) is 34.8 Å². The van der Waals surface area contributed by atoms with E-state index < -0.39 is 6.10 Å². The van der Waals surface area contributed by atoms with Crippen molar-refractivity contribution in [1.29, 1.82) is 0 Å². The summed E-state index contributed by atoms with van der Waals surface area (Å²) < 4.78 is 4.61. The molecule has 9 atom stereocenters. The molecule has 3 fully saturated rings. The normalized spacial score (nSPS) is 37.0. The molecule has 0 aromatic carbocycles. The molecule has 0 amide bonds. The minimum Gasteiger partial charge on any atom is -0.393 e. The first kappa shape index (κ1) is 29.9. The minimum absolute atomic E-state index is 0.00554. The molecule has 2 heterocycles. The van der Waals surface area contributed by atoms with Gasteiger partial charge in [0.15, 0.2) is 11.2 Å². The largest absolute Gasteiger partial charge is 0.393 e. The maximum absolute atomic E-state index is 13.2. The van der Waals surface area contributed by atoms with Crippen molar-refractivity contribution >= 4 is 11.2 Å². The topological polar surface area (TPSA) is 82.1 Å². The average Bonchev–Trinajstić information content (AvgIpc) is 3.47. The molecule has 0 radical (unpaired) electrons. The zero-order valence-corrected chi connectivity index (χ0v) is 27.3. The maximum Gasteiger partial charge on any atom is 0.332 e. The second kappa shape index (κ2) is 10.5. The fraction of sp³-hybridized carbons (Fsp3) is 0.800. The number of aryl methyl sites for hydroxylation is 2. The van der Waals surface area contributed by atoms with Gasteiger partial charge in [0, 0.05) is 32.5 Å².